The lowest BCUT2D eigenvalue weighted by atomic mass is 10.1. The molecule has 1 atom stereocenters. The molecule has 0 saturated heterocycles. The van der Waals surface area contributed by atoms with Crippen LogP contribution in [0.5, 0.6) is 5.75 Å². The van der Waals surface area contributed by atoms with Crippen LogP contribution in [-0.4, -0.2) is 35.9 Å². The predicted molar refractivity (Wildman–Crippen MR) is 114 cm³/mol. The topological polar surface area (TPSA) is 58.6 Å². The molecule has 2 aromatic carbocycles. The van der Waals surface area contributed by atoms with E-state index in [9.17, 15) is 14.0 Å². The second kappa shape index (κ2) is 11.6. The summed E-state index contributed by atoms with van der Waals surface area (Å²) in [6, 6.07) is 12.4. The third kappa shape index (κ3) is 7.16. The molecular formula is C22H26BrFN2O3. The Labute approximate surface area is 179 Å². The first-order valence-electron chi connectivity index (χ1n) is 9.64. The number of halogens is 2. The molecule has 2 rings (SSSR count). The predicted octanol–water partition coefficient (Wildman–Crippen LogP) is 4.30. The highest BCUT2D eigenvalue weighted by Gasteiger charge is 2.28. The Morgan fingerprint density at radius 1 is 1.10 bits per heavy atom. The first kappa shape index (κ1) is 22.9. The van der Waals surface area contributed by atoms with Crippen LogP contribution in [0.3, 0.4) is 0 Å². The average Bonchev–Trinajstić information content (AvgIpc) is 2.72. The molecule has 1 N–H and O–H groups in total. The molecule has 7 heteroatoms. The molecule has 2 aromatic rings. The van der Waals surface area contributed by atoms with Crippen molar-refractivity contribution in [2.75, 3.05) is 13.2 Å². The number of rotatable bonds is 10. The number of nitrogens with zero attached hydrogens (tertiary/aromatic N) is 1. The maximum Gasteiger partial charge on any atom is 0.261 e. The minimum atomic E-state index is -0.632. The van der Waals surface area contributed by atoms with Crippen molar-refractivity contribution in [1.29, 1.82) is 0 Å². The monoisotopic (exact) mass is 464 g/mol. The molecule has 0 radical (unpaired) electrons. The molecule has 2 amide bonds. The van der Waals surface area contributed by atoms with Gasteiger partial charge in [0.15, 0.2) is 6.61 Å². The van der Waals surface area contributed by atoms with Gasteiger partial charge in [-0.3, -0.25) is 9.59 Å². The number of carbonyl (C=O) groups excluding carboxylic acids is 2. The van der Waals surface area contributed by atoms with Gasteiger partial charge in [0.05, 0.1) is 0 Å². The van der Waals surface area contributed by atoms with Crippen molar-refractivity contribution in [3.8, 4) is 5.75 Å². The lowest BCUT2D eigenvalue weighted by Gasteiger charge is -2.30. The molecule has 0 aromatic heterocycles. The van der Waals surface area contributed by atoms with Crippen LogP contribution in [0.25, 0.3) is 0 Å². The van der Waals surface area contributed by atoms with E-state index in [1.165, 1.54) is 17.0 Å². The van der Waals surface area contributed by atoms with Crippen LogP contribution in [0, 0.1) is 5.82 Å². The Hall–Kier alpha value is -2.41. The number of amides is 2. The van der Waals surface area contributed by atoms with Crippen molar-refractivity contribution in [2.45, 2.75) is 39.3 Å². The maximum atomic E-state index is 13.2. The van der Waals surface area contributed by atoms with Crippen LogP contribution < -0.4 is 10.1 Å². The smallest absolute Gasteiger partial charge is 0.261 e. The zero-order chi connectivity index (χ0) is 21.2. The van der Waals surface area contributed by atoms with E-state index in [1.54, 1.807) is 24.3 Å². The largest absolute Gasteiger partial charge is 0.484 e. The van der Waals surface area contributed by atoms with Gasteiger partial charge in [-0.2, -0.15) is 0 Å². The molecule has 0 saturated carbocycles. The highest BCUT2D eigenvalue weighted by atomic mass is 79.9. The van der Waals surface area contributed by atoms with Gasteiger partial charge in [-0.15, -0.1) is 0 Å². The SMILES string of the molecule is CCCNC(=O)C(CC)N(Cc1ccc(F)cc1)C(=O)COc1ccc(Br)cc1. The summed E-state index contributed by atoms with van der Waals surface area (Å²) in [5.41, 5.74) is 0.741. The molecule has 156 valence electrons. The van der Waals surface area contributed by atoms with Crippen molar-refractivity contribution in [3.63, 3.8) is 0 Å². The first-order chi connectivity index (χ1) is 13.9. The lowest BCUT2D eigenvalue weighted by molar-refractivity contribution is -0.143. The molecule has 5 nitrogen and oxygen atoms in total. The molecule has 29 heavy (non-hydrogen) atoms. The lowest BCUT2D eigenvalue weighted by Crippen LogP contribution is -2.50. The van der Waals surface area contributed by atoms with Crippen molar-refractivity contribution in [2.24, 2.45) is 0 Å². The van der Waals surface area contributed by atoms with Crippen LogP contribution in [0.2, 0.25) is 0 Å². The zero-order valence-electron chi connectivity index (χ0n) is 16.7. The van der Waals surface area contributed by atoms with E-state index in [1.807, 2.05) is 26.0 Å². The van der Waals surface area contributed by atoms with Gasteiger partial charge in [0.2, 0.25) is 5.91 Å². The van der Waals surface area contributed by atoms with Crippen LogP contribution in [0.1, 0.15) is 32.3 Å². The van der Waals surface area contributed by atoms with Crippen LogP contribution in [0.15, 0.2) is 53.0 Å². The van der Waals surface area contributed by atoms with Gasteiger partial charge in [-0.25, -0.2) is 4.39 Å². The van der Waals surface area contributed by atoms with Crippen molar-refractivity contribution in [3.05, 3.63) is 64.4 Å². The first-order valence-corrected chi connectivity index (χ1v) is 10.4. The minimum absolute atomic E-state index is 0.194. The Morgan fingerprint density at radius 2 is 1.76 bits per heavy atom. The van der Waals surface area contributed by atoms with Crippen LogP contribution >= 0.6 is 15.9 Å². The third-order valence-corrected chi connectivity index (χ3v) is 4.91. The summed E-state index contributed by atoms with van der Waals surface area (Å²) in [5, 5.41) is 2.85. The summed E-state index contributed by atoms with van der Waals surface area (Å²) in [7, 11) is 0. The van der Waals surface area contributed by atoms with Crippen LogP contribution in [0.4, 0.5) is 4.39 Å². The molecule has 1 unspecified atom stereocenters. The molecule has 0 heterocycles. The molecule has 0 fully saturated rings. The van der Waals surface area contributed by atoms with E-state index in [-0.39, 0.29) is 30.8 Å². The van der Waals surface area contributed by atoms with Crippen molar-refractivity contribution < 1.29 is 18.7 Å². The molecule has 0 aliphatic heterocycles. The Kier molecular flexibility index (Phi) is 9.12. The van der Waals surface area contributed by atoms with E-state index in [0.717, 1.165) is 16.5 Å². The summed E-state index contributed by atoms with van der Waals surface area (Å²) in [4.78, 5) is 27.1. The number of ether oxygens (including phenoxy) is 1. The molecular weight excluding hydrogens is 439 g/mol. The Morgan fingerprint density at radius 3 is 2.34 bits per heavy atom. The van der Waals surface area contributed by atoms with Gasteiger partial charge >= 0.3 is 0 Å². The fourth-order valence-electron chi connectivity index (χ4n) is 2.83. The summed E-state index contributed by atoms with van der Waals surface area (Å²) in [5.74, 6) is -0.297. The Bertz CT molecular complexity index is 797. The minimum Gasteiger partial charge on any atom is -0.484 e. The number of hydrogen-bond donors (Lipinski definition) is 1. The maximum absolute atomic E-state index is 13.2. The van der Waals surface area contributed by atoms with E-state index in [2.05, 4.69) is 21.2 Å². The number of nitrogens with one attached hydrogen (secondary N) is 1. The highest BCUT2D eigenvalue weighted by molar-refractivity contribution is 9.10. The summed E-state index contributed by atoms with van der Waals surface area (Å²) in [6.45, 7) is 4.37. The Balaban J connectivity index is 2.16. The third-order valence-electron chi connectivity index (χ3n) is 4.38. The summed E-state index contributed by atoms with van der Waals surface area (Å²) in [6.07, 6.45) is 1.27. The standard InChI is InChI=1S/C22H26BrFN2O3/c1-3-13-25-22(28)20(4-2)26(14-16-5-9-18(24)10-6-16)21(27)15-29-19-11-7-17(23)8-12-19/h5-12,20H,3-4,13-15H2,1-2H3,(H,25,28). The summed E-state index contributed by atoms with van der Waals surface area (Å²) < 4.78 is 19.8. The quantitative estimate of drug-likeness (QED) is 0.570. The van der Waals surface area contributed by atoms with Crippen LogP contribution in [-0.2, 0) is 16.1 Å². The van der Waals surface area contributed by atoms with Gasteiger partial charge in [0, 0.05) is 17.6 Å². The van der Waals surface area contributed by atoms with E-state index >= 15 is 0 Å². The van der Waals surface area contributed by atoms with Gasteiger partial charge in [0.1, 0.15) is 17.6 Å². The highest BCUT2D eigenvalue weighted by Crippen LogP contribution is 2.17. The number of carbonyl (C=O) groups is 2. The van der Waals surface area contributed by atoms with Crippen molar-refractivity contribution >= 4 is 27.7 Å². The second-order valence-corrected chi connectivity index (χ2v) is 7.52. The van der Waals surface area contributed by atoms with Gasteiger partial charge in [-0.1, -0.05) is 41.9 Å². The van der Waals surface area contributed by atoms with Crippen molar-refractivity contribution in [1.82, 2.24) is 10.2 Å². The summed E-state index contributed by atoms with van der Waals surface area (Å²) >= 11 is 3.35. The number of benzene rings is 2. The average molecular weight is 465 g/mol. The van der Waals surface area contributed by atoms with Gasteiger partial charge in [0.25, 0.3) is 5.91 Å². The molecule has 0 aliphatic carbocycles. The number of hydrogen-bond acceptors (Lipinski definition) is 3. The molecule has 0 spiro atoms. The molecule has 0 bridgehead atoms. The van der Waals surface area contributed by atoms with E-state index in [4.69, 9.17) is 4.74 Å². The second-order valence-electron chi connectivity index (χ2n) is 6.61. The molecule has 0 aliphatic rings. The normalized spacial score (nSPS) is 11.6. The van der Waals surface area contributed by atoms with E-state index in [0.29, 0.717) is 18.7 Å². The van der Waals surface area contributed by atoms with E-state index < -0.39 is 6.04 Å². The zero-order valence-corrected chi connectivity index (χ0v) is 18.2. The van der Waals surface area contributed by atoms with Gasteiger partial charge in [-0.05, 0) is 54.8 Å². The fourth-order valence-corrected chi connectivity index (χ4v) is 3.10. The van der Waals surface area contributed by atoms with Gasteiger partial charge < -0.3 is 15.0 Å². The fraction of sp³-hybridized carbons (Fsp3) is 0.364.